The van der Waals surface area contributed by atoms with Crippen molar-refractivity contribution in [2.45, 2.75) is 32.7 Å². The molecule has 168 valence electrons. The maximum atomic E-state index is 13.2. The summed E-state index contributed by atoms with van der Waals surface area (Å²) in [6.45, 7) is 2.96. The number of esters is 1. The number of amides is 1. The molecule has 0 aliphatic carbocycles. The van der Waals surface area contributed by atoms with Gasteiger partial charge in [0, 0.05) is 10.6 Å². The fourth-order valence-electron chi connectivity index (χ4n) is 2.67. The summed E-state index contributed by atoms with van der Waals surface area (Å²) < 4.78 is 44.7. The van der Waals surface area contributed by atoms with Crippen LogP contribution in [0.1, 0.15) is 29.8 Å². The molecule has 0 radical (unpaired) electrons. The van der Waals surface area contributed by atoms with Crippen molar-refractivity contribution in [2.24, 2.45) is 0 Å². The third-order valence-electron chi connectivity index (χ3n) is 4.00. The van der Waals surface area contributed by atoms with Crippen molar-refractivity contribution in [1.29, 1.82) is 0 Å². The van der Waals surface area contributed by atoms with Gasteiger partial charge < -0.3 is 10.1 Å². The van der Waals surface area contributed by atoms with Gasteiger partial charge in [-0.2, -0.15) is 18.0 Å². The molecule has 0 aliphatic rings. The maximum absolute atomic E-state index is 13.2. The minimum atomic E-state index is -4.70. The van der Waals surface area contributed by atoms with Gasteiger partial charge in [-0.15, -0.1) is 10.2 Å². The van der Waals surface area contributed by atoms with Gasteiger partial charge in [0.05, 0.1) is 22.9 Å². The van der Waals surface area contributed by atoms with E-state index in [0.717, 1.165) is 16.9 Å². The largest absolute Gasteiger partial charge is 0.459 e. The van der Waals surface area contributed by atoms with E-state index < -0.39 is 35.8 Å². The third kappa shape index (κ3) is 5.82. The van der Waals surface area contributed by atoms with Gasteiger partial charge in [-0.25, -0.2) is 4.79 Å². The first-order chi connectivity index (χ1) is 15.0. The van der Waals surface area contributed by atoms with Gasteiger partial charge in [0.15, 0.2) is 0 Å². The lowest BCUT2D eigenvalue weighted by Gasteiger charge is -2.13. The summed E-state index contributed by atoms with van der Waals surface area (Å²) in [5.41, 5.74) is -0.779. The molecule has 0 bridgehead atoms. The highest BCUT2D eigenvalue weighted by Gasteiger charge is 2.34. The van der Waals surface area contributed by atoms with Gasteiger partial charge in [0.25, 0.3) is 0 Å². The number of nitrogens with zero attached hydrogens (tertiary/aromatic N) is 4. The van der Waals surface area contributed by atoms with Crippen LogP contribution in [0.25, 0.3) is 11.4 Å². The molecule has 0 unspecified atom stereocenters. The lowest BCUT2D eigenvalue weighted by molar-refractivity contribution is -0.137. The van der Waals surface area contributed by atoms with Crippen molar-refractivity contribution in [2.75, 3.05) is 5.32 Å². The molecule has 2 aromatic carbocycles. The van der Waals surface area contributed by atoms with Crippen molar-refractivity contribution in [1.82, 2.24) is 20.2 Å². The first-order valence-corrected chi connectivity index (χ1v) is 9.66. The van der Waals surface area contributed by atoms with Gasteiger partial charge in [-0.05, 0) is 49.4 Å². The van der Waals surface area contributed by atoms with Crippen LogP contribution in [-0.2, 0) is 22.3 Å². The summed E-state index contributed by atoms with van der Waals surface area (Å²) in [6, 6.07) is 9.34. The number of carbonyl (C=O) groups excluding carboxylic acids is 2. The van der Waals surface area contributed by atoms with E-state index in [1.165, 1.54) is 12.1 Å². The number of hydrogen-bond donors (Lipinski definition) is 1. The van der Waals surface area contributed by atoms with Crippen molar-refractivity contribution in [3.05, 3.63) is 58.6 Å². The van der Waals surface area contributed by atoms with Crippen molar-refractivity contribution in [3.8, 4) is 11.4 Å². The number of hydrogen-bond acceptors (Lipinski definition) is 6. The lowest BCUT2D eigenvalue weighted by Crippen LogP contribution is -2.22. The Labute approximate surface area is 185 Å². The number of halogens is 4. The van der Waals surface area contributed by atoms with Gasteiger partial charge >= 0.3 is 12.1 Å². The number of rotatable bonds is 6. The normalized spacial score (nSPS) is 11.5. The van der Waals surface area contributed by atoms with Crippen LogP contribution in [0.4, 0.5) is 18.9 Å². The predicted octanol–water partition coefficient (Wildman–Crippen LogP) is 4.22. The fraction of sp³-hybridized carbons (Fsp3) is 0.250. The molecule has 8 nitrogen and oxygen atoms in total. The lowest BCUT2D eigenvalue weighted by atomic mass is 10.1. The number of carbonyl (C=O) groups is 2. The summed E-state index contributed by atoms with van der Waals surface area (Å²) in [6.07, 6.45) is -4.99. The molecule has 1 N–H and O–H groups in total. The summed E-state index contributed by atoms with van der Waals surface area (Å²) in [5.74, 6) is -1.19. The molecule has 0 atom stereocenters. The third-order valence-corrected chi connectivity index (χ3v) is 4.23. The van der Waals surface area contributed by atoms with Crippen LogP contribution in [-0.4, -0.2) is 38.2 Å². The smallest absolute Gasteiger partial charge is 0.418 e. The fourth-order valence-corrected chi connectivity index (χ4v) is 2.84. The zero-order valence-corrected chi connectivity index (χ0v) is 17.6. The van der Waals surface area contributed by atoms with Crippen molar-refractivity contribution >= 4 is 29.2 Å². The first-order valence-electron chi connectivity index (χ1n) is 9.29. The van der Waals surface area contributed by atoms with Crippen LogP contribution >= 0.6 is 11.6 Å². The van der Waals surface area contributed by atoms with Gasteiger partial charge in [-0.3, -0.25) is 4.79 Å². The maximum Gasteiger partial charge on any atom is 0.418 e. The monoisotopic (exact) mass is 467 g/mol. The number of anilines is 1. The molecule has 0 spiro atoms. The molecule has 12 heteroatoms. The summed E-state index contributed by atoms with van der Waals surface area (Å²) in [7, 11) is 0. The van der Waals surface area contributed by atoms with Crippen molar-refractivity contribution in [3.63, 3.8) is 0 Å². The average molecular weight is 468 g/mol. The molecule has 1 amide bonds. The molecule has 0 aliphatic heterocycles. The molecule has 0 fully saturated rings. The second kappa shape index (κ2) is 9.35. The standard InChI is InChI=1S/C20H17ClF3N5O3/c1-11(2)32-19(31)13-5-3-4-12(8-13)18-26-28-29(27-18)10-17(30)25-16-7-6-14(21)9-15(16)20(22,23)24/h3-9,11H,10H2,1-2H3,(H,25,30). The Kier molecular flexibility index (Phi) is 6.78. The van der Waals surface area contributed by atoms with Crippen LogP contribution in [0.2, 0.25) is 5.02 Å². The minimum absolute atomic E-state index is 0.114. The summed E-state index contributed by atoms with van der Waals surface area (Å²) in [4.78, 5) is 25.2. The van der Waals surface area contributed by atoms with E-state index in [4.69, 9.17) is 16.3 Å². The summed E-state index contributed by atoms with van der Waals surface area (Å²) in [5, 5.41) is 13.7. The van der Waals surface area contributed by atoms with Gasteiger partial charge in [0.1, 0.15) is 6.54 Å². The van der Waals surface area contributed by atoms with E-state index in [1.54, 1.807) is 32.0 Å². The second-order valence-electron chi connectivity index (χ2n) is 6.91. The van der Waals surface area contributed by atoms with Crippen LogP contribution in [0.5, 0.6) is 0 Å². The molecule has 0 saturated carbocycles. The molecule has 3 aromatic rings. The van der Waals surface area contributed by atoms with E-state index >= 15 is 0 Å². The summed E-state index contributed by atoms with van der Waals surface area (Å²) >= 11 is 5.63. The number of nitrogens with one attached hydrogen (secondary N) is 1. The Morgan fingerprint density at radius 1 is 1.19 bits per heavy atom. The molecule has 3 rings (SSSR count). The quantitative estimate of drug-likeness (QED) is 0.545. The average Bonchev–Trinajstić information content (AvgIpc) is 3.16. The minimum Gasteiger partial charge on any atom is -0.459 e. The Hall–Kier alpha value is -3.47. The predicted molar refractivity (Wildman–Crippen MR) is 109 cm³/mol. The van der Waals surface area contributed by atoms with Gasteiger partial charge in [0.2, 0.25) is 11.7 Å². The second-order valence-corrected chi connectivity index (χ2v) is 7.35. The molecular formula is C20H17ClF3N5O3. The zero-order chi connectivity index (χ0) is 23.5. The van der Waals surface area contributed by atoms with Crippen LogP contribution in [0, 0.1) is 0 Å². The Morgan fingerprint density at radius 2 is 1.94 bits per heavy atom. The van der Waals surface area contributed by atoms with E-state index in [2.05, 4.69) is 20.7 Å². The van der Waals surface area contributed by atoms with E-state index in [0.29, 0.717) is 5.56 Å². The molecular weight excluding hydrogens is 451 g/mol. The number of ether oxygens (including phenoxy) is 1. The Bertz CT molecular complexity index is 1150. The molecule has 0 saturated heterocycles. The highest BCUT2D eigenvalue weighted by molar-refractivity contribution is 6.30. The number of tetrazole rings is 1. The highest BCUT2D eigenvalue weighted by atomic mass is 35.5. The van der Waals surface area contributed by atoms with Crippen LogP contribution in [0.3, 0.4) is 0 Å². The molecule has 32 heavy (non-hydrogen) atoms. The van der Waals surface area contributed by atoms with E-state index in [9.17, 15) is 22.8 Å². The number of alkyl halides is 3. The highest BCUT2D eigenvalue weighted by Crippen LogP contribution is 2.36. The number of benzene rings is 2. The first kappa shape index (κ1) is 23.2. The SMILES string of the molecule is CC(C)OC(=O)c1cccc(-c2nnn(CC(=O)Nc3ccc(Cl)cc3C(F)(F)F)n2)c1. The number of aromatic nitrogens is 4. The Morgan fingerprint density at radius 3 is 2.62 bits per heavy atom. The topological polar surface area (TPSA) is 99.0 Å². The Balaban J connectivity index is 1.73. The molecule has 1 aromatic heterocycles. The van der Waals surface area contributed by atoms with Crippen molar-refractivity contribution < 1.29 is 27.5 Å². The molecule has 1 heterocycles. The van der Waals surface area contributed by atoms with Gasteiger partial charge in [-0.1, -0.05) is 23.7 Å². The van der Waals surface area contributed by atoms with E-state index in [1.807, 2.05) is 0 Å². The van der Waals surface area contributed by atoms with Crippen LogP contribution in [0.15, 0.2) is 42.5 Å². The zero-order valence-electron chi connectivity index (χ0n) is 16.9. The van der Waals surface area contributed by atoms with E-state index in [-0.39, 0.29) is 22.5 Å². The van der Waals surface area contributed by atoms with Crippen LogP contribution < -0.4 is 5.32 Å².